The van der Waals surface area contributed by atoms with Crippen LogP contribution < -0.4 is 5.32 Å². The molecule has 4 heteroatoms. The Kier molecular flexibility index (Phi) is 12.6. The lowest BCUT2D eigenvalue weighted by Gasteiger charge is -2.14. The second kappa shape index (κ2) is 14.6. The Morgan fingerprint density at radius 1 is 1.15 bits per heavy atom. The molecule has 0 amide bonds. The molecule has 2 nitrogen and oxygen atoms in total. The Labute approximate surface area is 200 Å². The molecule has 1 aliphatic carbocycles. The molecule has 0 bridgehead atoms. The van der Waals surface area contributed by atoms with Gasteiger partial charge in [-0.3, -0.25) is 4.99 Å². The summed E-state index contributed by atoms with van der Waals surface area (Å²) in [6.07, 6.45) is 19.2. The van der Waals surface area contributed by atoms with Gasteiger partial charge in [-0.15, -0.1) is 0 Å². The molecule has 182 valence electrons. The first kappa shape index (κ1) is 28.5. The highest BCUT2D eigenvalue weighted by Gasteiger charge is 2.20. The molecule has 0 aliphatic heterocycles. The second-order valence-corrected chi connectivity index (χ2v) is 8.72. The van der Waals surface area contributed by atoms with Crippen LogP contribution in [0, 0.1) is 5.92 Å². The van der Waals surface area contributed by atoms with Gasteiger partial charge in [0.25, 0.3) is 5.92 Å². The highest BCUT2D eigenvalue weighted by atomic mass is 19.3. The molecule has 1 fully saturated rings. The number of alkyl halides is 2. The molecule has 0 saturated heterocycles. The summed E-state index contributed by atoms with van der Waals surface area (Å²) < 4.78 is 26.5. The lowest BCUT2D eigenvalue weighted by atomic mass is 9.94. The van der Waals surface area contributed by atoms with Crippen molar-refractivity contribution in [2.24, 2.45) is 10.9 Å². The van der Waals surface area contributed by atoms with Crippen LogP contribution in [0.5, 0.6) is 0 Å². The SMILES string of the molecule is C=CC(=C)C(=C/NC/C(C=NCC(C)(F)F)=C/C(=C/C1CC1)CC)/C(/C=C\CC)=C(/C)CC. The van der Waals surface area contributed by atoms with E-state index in [9.17, 15) is 8.78 Å². The second-order valence-electron chi connectivity index (χ2n) is 8.72. The van der Waals surface area contributed by atoms with Crippen molar-refractivity contribution in [2.75, 3.05) is 13.1 Å². The number of rotatable bonds is 15. The molecule has 0 unspecified atom stereocenters. The van der Waals surface area contributed by atoms with Gasteiger partial charge < -0.3 is 5.32 Å². The molecule has 0 aromatic heterocycles. The molecular weight excluding hydrogens is 414 g/mol. The summed E-state index contributed by atoms with van der Waals surface area (Å²) in [5.41, 5.74) is 6.29. The molecule has 0 atom stereocenters. The van der Waals surface area contributed by atoms with Crippen LogP contribution in [0.1, 0.15) is 66.7 Å². The van der Waals surface area contributed by atoms with Crippen LogP contribution in [-0.2, 0) is 0 Å². The van der Waals surface area contributed by atoms with E-state index in [1.165, 1.54) is 24.0 Å². The molecule has 33 heavy (non-hydrogen) atoms. The van der Waals surface area contributed by atoms with Crippen LogP contribution >= 0.6 is 0 Å². The fourth-order valence-electron chi connectivity index (χ4n) is 3.14. The fourth-order valence-corrected chi connectivity index (χ4v) is 3.14. The maximum atomic E-state index is 13.3. The largest absolute Gasteiger partial charge is 0.386 e. The van der Waals surface area contributed by atoms with Gasteiger partial charge in [0.15, 0.2) is 0 Å². The zero-order valence-electron chi connectivity index (χ0n) is 21.2. The van der Waals surface area contributed by atoms with Gasteiger partial charge in [0.1, 0.15) is 6.54 Å². The monoisotopic (exact) mass is 456 g/mol. The molecule has 1 N–H and O–H groups in total. The van der Waals surface area contributed by atoms with Gasteiger partial charge in [0.05, 0.1) is 0 Å². The number of nitrogens with one attached hydrogen (secondary N) is 1. The molecule has 1 rings (SSSR count). The predicted octanol–water partition coefficient (Wildman–Crippen LogP) is 8.29. The van der Waals surface area contributed by atoms with Crippen LogP contribution in [0.15, 0.2) is 88.2 Å². The average molecular weight is 457 g/mol. The van der Waals surface area contributed by atoms with Crippen molar-refractivity contribution in [1.29, 1.82) is 0 Å². The third-order valence-electron chi connectivity index (χ3n) is 5.42. The van der Waals surface area contributed by atoms with Crippen molar-refractivity contribution in [1.82, 2.24) is 5.32 Å². The molecule has 0 aromatic rings. The zero-order valence-corrected chi connectivity index (χ0v) is 21.2. The number of hydrogen-bond acceptors (Lipinski definition) is 2. The summed E-state index contributed by atoms with van der Waals surface area (Å²) >= 11 is 0. The lowest BCUT2D eigenvalue weighted by Crippen LogP contribution is -2.16. The van der Waals surface area contributed by atoms with Crippen LogP contribution in [0.25, 0.3) is 0 Å². The Bertz CT molecular complexity index is 841. The maximum absolute atomic E-state index is 13.3. The normalized spacial score (nSPS) is 17.0. The Morgan fingerprint density at radius 2 is 1.85 bits per heavy atom. The van der Waals surface area contributed by atoms with E-state index in [-0.39, 0.29) is 0 Å². The standard InChI is InChI=1S/C29H42F2N2/c1-8-12-13-27(22(5)9-2)28(23(6)10-3)20-32-18-26(19-33-21-29(7,30)31)17-24(11-4)16-25-14-15-25/h10,12-13,16-17,19-20,25,32H,3,6,8-9,11,14-15,18,21H2,1-2,4-5,7H3/b13-12-,24-16+,26-17-,27-22-,28-20-,33-19?. The zero-order chi connectivity index (χ0) is 24.9. The average Bonchev–Trinajstić information content (AvgIpc) is 3.59. The van der Waals surface area contributed by atoms with Crippen molar-refractivity contribution in [3.05, 3.63) is 83.2 Å². The maximum Gasteiger partial charge on any atom is 0.264 e. The highest BCUT2D eigenvalue weighted by Crippen LogP contribution is 2.32. The van der Waals surface area contributed by atoms with E-state index < -0.39 is 12.5 Å². The van der Waals surface area contributed by atoms with Gasteiger partial charge >= 0.3 is 0 Å². The highest BCUT2D eigenvalue weighted by molar-refractivity contribution is 5.80. The van der Waals surface area contributed by atoms with Crippen molar-refractivity contribution in [3.8, 4) is 0 Å². The Morgan fingerprint density at radius 3 is 2.36 bits per heavy atom. The topological polar surface area (TPSA) is 24.4 Å². The molecule has 0 aromatic carbocycles. The quantitative estimate of drug-likeness (QED) is 0.194. The minimum absolute atomic E-state index is 0.477. The van der Waals surface area contributed by atoms with E-state index in [0.29, 0.717) is 12.5 Å². The molecule has 1 saturated carbocycles. The first-order valence-electron chi connectivity index (χ1n) is 12.1. The molecular formula is C29H42F2N2. The van der Waals surface area contributed by atoms with Crippen LogP contribution in [-0.4, -0.2) is 25.2 Å². The van der Waals surface area contributed by atoms with Gasteiger partial charge in [-0.05, 0) is 61.7 Å². The summed E-state index contributed by atoms with van der Waals surface area (Å²) in [6, 6.07) is 0. The Balaban J connectivity index is 3.21. The summed E-state index contributed by atoms with van der Waals surface area (Å²) in [7, 11) is 0. The summed E-state index contributed by atoms with van der Waals surface area (Å²) in [6.45, 7) is 17.4. The van der Waals surface area contributed by atoms with Gasteiger partial charge in [-0.1, -0.05) is 75.5 Å². The molecule has 0 spiro atoms. The van der Waals surface area contributed by atoms with E-state index >= 15 is 0 Å². The molecule has 0 heterocycles. The minimum Gasteiger partial charge on any atom is -0.386 e. The van der Waals surface area contributed by atoms with Crippen molar-refractivity contribution < 1.29 is 8.78 Å². The molecule has 1 aliphatic rings. The van der Waals surface area contributed by atoms with Crippen molar-refractivity contribution in [3.63, 3.8) is 0 Å². The van der Waals surface area contributed by atoms with Crippen molar-refractivity contribution in [2.45, 2.75) is 72.6 Å². The number of allylic oxidation sites excluding steroid dienone is 10. The predicted molar refractivity (Wildman–Crippen MR) is 141 cm³/mol. The van der Waals surface area contributed by atoms with E-state index in [4.69, 9.17) is 0 Å². The first-order chi connectivity index (χ1) is 15.6. The summed E-state index contributed by atoms with van der Waals surface area (Å²) in [4.78, 5) is 4.01. The van der Waals surface area contributed by atoms with Gasteiger partial charge in [0.2, 0.25) is 0 Å². The van der Waals surface area contributed by atoms with Gasteiger partial charge in [-0.2, -0.15) is 0 Å². The van der Waals surface area contributed by atoms with E-state index in [0.717, 1.165) is 48.5 Å². The lowest BCUT2D eigenvalue weighted by molar-refractivity contribution is 0.0328. The third-order valence-corrected chi connectivity index (χ3v) is 5.42. The number of nitrogens with zero attached hydrogens (tertiary/aromatic N) is 1. The number of aliphatic imine (C=N–C) groups is 1. The number of halogens is 2. The van der Waals surface area contributed by atoms with Crippen LogP contribution in [0.4, 0.5) is 8.78 Å². The third kappa shape index (κ3) is 11.8. The minimum atomic E-state index is -2.82. The summed E-state index contributed by atoms with van der Waals surface area (Å²) in [5, 5.41) is 3.37. The summed E-state index contributed by atoms with van der Waals surface area (Å²) in [5.74, 6) is -2.16. The fraction of sp³-hybridized carbons (Fsp3) is 0.483. The smallest absolute Gasteiger partial charge is 0.264 e. The van der Waals surface area contributed by atoms with Crippen molar-refractivity contribution >= 4 is 6.21 Å². The van der Waals surface area contributed by atoms with E-state index in [1.54, 1.807) is 12.3 Å². The Hall–Kier alpha value is -2.49. The van der Waals surface area contributed by atoms with Gasteiger partial charge in [-0.25, -0.2) is 8.78 Å². The van der Waals surface area contributed by atoms with E-state index in [2.05, 4.69) is 75.5 Å². The van der Waals surface area contributed by atoms with Crippen LogP contribution in [0.2, 0.25) is 0 Å². The van der Waals surface area contributed by atoms with Crippen LogP contribution in [0.3, 0.4) is 0 Å². The number of hydrogen-bond donors (Lipinski definition) is 1. The first-order valence-corrected chi connectivity index (χ1v) is 12.1. The molecule has 0 radical (unpaired) electrons. The van der Waals surface area contributed by atoms with E-state index in [1.807, 2.05) is 6.20 Å². The van der Waals surface area contributed by atoms with Gasteiger partial charge in [0, 0.05) is 31.5 Å².